The summed E-state index contributed by atoms with van der Waals surface area (Å²) in [5, 5.41) is 9.43. The van der Waals surface area contributed by atoms with Crippen LogP contribution in [-0.4, -0.2) is 34.7 Å². The number of aromatic nitrogens is 2. The van der Waals surface area contributed by atoms with Crippen LogP contribution in [0, 0.1) is 5.41 Å². The maximum absolute atomic E-state index is 5.87. The summed E-state index contributed by atoms with van der Waals surface area (Å²) in [4.78, 5) is 3.74. The van der Waals surface area contributed by atoms with Crippen molar-refractivity contribution in [2.45, 2.75) is 19.9 Å². The zero-order valence-electron chi connectivity index (χ0n) is 11.2. The van der Waals surface area contributed by atoms with Crippen LogP contribution in [0.3, 0.4) is 0 Å². The van der Waals surface area contributed by atoms with E-state index in [4.69, 9.17) is 5.73 Å². The molecule has 2 aromatic heterocycles. The first-order valence-corrected chi connectivity index (χ1v) is 7.57. The predicted molar refractivity (Wildman–Crippen MR) is 79.0 cm³/mol. The van der Waals surface area contributed by atoms with Gasteiger partial charge in [-0.2, -0.15) is 5.10 Å². The summed E-state index contributed by atoms with van der Waals surface area (Å²) in [6.07, 6.45) is 3.14. The maximum Gasteiger partial charge on any atom is 0.0794 e. The van der Waals surface area contributed by atoms with Gasteiger partial charge in [-0.3, -0.25) is 10.00 Å². The average Bonchev–Trinajstić information content (AvgIpc) is 3.11. The minimum Gasteiger partial charge on any atom is -0.330 e. The zero-order valence-corrected chi connectivity index (χ0v) is 12.0. The third kappa shape index (κ3) is 2.59. The highest BCUT2D eigenvalue weighted by Gasteiger charge is 2.32. The van der Waals surface area contributed by atoms with Gasteiger partial charge in [-0.25, -0.2) is 0 Å². The molecule has 3 rings (SSSR count). The van der Waals surface area contributed by atoms with Crippen LogP contribution in [0.25, 0.3) is 10.6 Å². The molecule has 0 aromatic carbocycles. The number of nitrogens with two attached hydrogens (primary N) is 1. The molecule has 1 aliphatic rings. The van der Waals surface area contributed by atoms with Crippen molar-refractivity contribution in [3.8, 4) is 10.6 Å². The Morgan fingerprint density at radius 2 is 2.47 bits per heavy atom. The van der Waals surface area contributed by atoms with Crippen LogP contribution >= 0.6 is 11.3 Å². The Morgan fingerprint density at radius 3 is 3.16 bits per heavy atom. The van der Waals surface area contributed by atoms with E-state index in [2.05, 4.69) is 39.5 Å². The Bertz CT molecular complexity index is 533. The maximum atomic E-state index is 5.87. The van der Waals surface area contributed by atoms with Crippen molar-refractivity contribution in [2.75, 3.05) is 19.6 Å². The number of H-pyrrole nitrogens is 1. The van der Waals surface area contributed by atoms with Crippen LogP contribution in [0.4, 0.5) is 0 Å². The van der Waals surface area contributed by atoms with Gasteiger partial charge in [-0.05, 0) is 36.4 Å². The van der Waals surface area contributed by atoms with Gasteiger partial charge in [0.15, 0.2) is 0 Å². The van der Waals surface area contributed by atoms with Crippen LogP contribution in [0.1, 0.15) is 18.9 Å². The van der Waals surface area contributed by atoms with Crippen molar-refractivity contribution in [3.05, 3.63) is 29.3 Å². The number of nitrogens with one attached hydrogen (secondary N) is 1. The number of likely N-dealkylation sites (tertiary alicyclic amines) is 1. The topological polar surface area (TPSA) is 57.9 Å². The number of thiophene rings is 1. The van der Waals surface area contributed by atoms with E-state index in [1.54, 1.807) is 11.3 Å². The predicted octanol–water partition coefficient (Wildman–Crippen LogP) is 2.31. The van der Waals surface area contributed by atoms with E-state index < -0.39 is 0 Å². The molecule has 1 fully saturated rings. The lowest BCUT2D eigenvalue weighted by atomic mass is 9.90. The normalized spacial score (nSPS) is 24.1. The summed E-state index contributed by atoms with van der Waals surface area (Å²) in [5.41, 5.74) is 8.60. The average molecular weight is 276 g/mol. The van der Waals surface area contributed by atoms with Crippen LogP contribution in [0.5, 0.6) is 0 Å². The highest BCUT2D eigenvalue weighted by Crippen LogP contribution is 2.32. The Kier molecular flexibility index (Phi) is 3.43. The first-order valence-electron chi connectivity index (χ1n) is 6.69. The summed E-state index contributed by atoms with van der Waals surface area (Å²) in [5.74, 6) is 0. The van der Waals surface area contributed by atoms with E-state index in [9.17, 15) is 0 Å². The van der Waals surface area contributed by atoms with Crippen LogP contribution < -0.4 is 5.73 Å². The van der Waals surface area contributed by atoms with Gasteiger partial charge in [0.05, 0.1) is 16.8 Å². The fraction of sp³-hybridized carbons (Fsp3) is 0.500. The molecule has 0 aliphatic carbocycles. The van der Waals surface area contributed by atoms with Gasteiger partial charge in [0.25, 0.3) is 0 Å². The lowest BCUT2D eigenvalue weighted by molar-refractivity contribution is 0.275. The fourth-order valence-corrected chi connectivity index (χ4v) is 3.49. The van der Waals surface area contributed by atoms with E-state index >= 15 is 0 Å². The van der Waals surface area contributed by atoms with E-state index in [1.165, 1.54) is 16.9 Å². The molecule has 5 heteroatoms. The molecule has 0 radical (unpaired) electrons. The molecule has 0 spiro atoms. The fourth-order valence-electron chi connectivity index (χ4n) is 2.73. The molecule has 1 unspecified atom stereocenters. The van der Waals surface area contributed by atoms with E-state index in [-0.39, 0.29) is 5.41 Å². The van der Waals surface area contributed by atoms with Gasteiger partial charge in [0.2, 0.25) is 0 Å². The zero-order chi connectivity index (χ0) is 13.3. The summed E-state index contributed by atoms with van der Waals surface area (Å²) in [7, 11) is 0. The number of hydrogen-bond acceptors (Lipinski definition) is 4. The molecule has 3 N–H and O–H groups in total. The quantitative estimate of drug-likeness (QED) is 0.901. The molecule has 3 heterocycles. The van der Waals surface area contributed by atoms with Crippen LogP contribution in [0.15, 0.2) is 23.7 Å². The third-order valence-corrected chi connectivity index (χ3v) is 4.90. The molecular formula is C14H20N4S. The molecule has 0 bridgehead atoms. The van der Waals surface area contributed by atoms with Crippen LogP contribution in [-0.2, 0) is 6.54 Å². The Labute approximate surface area is 117 Å². The first kappa shape index (κ1) is 12.8. The Balaban J connectivity index is 1.74. The van der Waals surface area contributed by atoms with Gasteiger partial charge in [-0.15, -0.1) is 11.3 Å². The number of nitrogens with zero attached hydrogens (tertiary/aromatic N) is 2. The highest BCUT2D eigenvalue weighted by molar-refractivity contribution is 7.13. The molecule has 1 saturated heterocycles. The third-order valence-electron chi connectivity index (χ3n) is 4.01. The second-order valence-electron chi connectivity index (χ2n) is 5.72. The summed E-state index contributed by atoms with van der Waals surface area (Å²) in [6.45, 7) is 6.22. The van der Waals surface area contributed by atoms with Gasteiger partial charge in [-0.1, -0.05) is 13.0 Å². The van der Waals surface area contributed by atoms with E-state index in [0.717, 1.165) is 31.9 Å². The lowest BCUT2D eigenvalue weighted by Crippen LogP contribution is -2.31. The largest absolute Gasteiger partial charge is 0.330 e. The molecule has 0 amide bonds. The van der Waals surface area contributed by atoms with Crippen molar-refractivity contribution in [1.29, 1.82) is 0 Å². The highest BCUT2D eigenvalue weighted by atomic mass is 32.1. The first-order chi connectivity index (χ1) is 9.20. The van der Waals surface area contributed by atoms with Crippen LogP contribution in [0.2, 0.25) is 0 Å². The summed E-state index contributed by atoms with van der Waals surface area (Å²) >= 11 is 1.75. The monoisotopic (exact) mass is 276 g/mol. The van der Waals surface area contributed by atoms with Gasteiger partial charge < -0.3 is 5.73 Å². The van der Waals surface area contributed by atoms with Crippen molar-refractivity contribution >= 4 is 11.3 Å². The second kappa shape index (κ2) is 5.07. The number of aromatic amines is 1. The standard InChI is InChI=1S/C14H20N4S/c1-14(9-15)4-5-18(10-14)8-11-7-16-17-13(11)12-3-2-6-19-12/h2-3,6-7H,4-5,8-10,15H2,1H3,(H,16,17). The van der Waals surface area contributed by atoms with Crippen molar-refractivity contribution in [2.24, 2.45) is 11.1 Å². The second-order valence-corrected chi connectivity index (χ2v) is 6.67. The molecule has 102 valence electrons. The van der Waals surface area contributed by atoms with Gasteiger partial charge >= 0.3 is 0 Å². The van der Waals surface area contributed by atoms with Gasteiger partial charge in [0, 0.05) is 18.7 Å². The molecule has 4 nitrogen and oxygen atoms in total. The minimum atomic E-state index is 0.285. The SMILES string of the molecule is CC1(CN)CCN(Cc2cn[nH]c2-c2cccs2)C1. The number of hydrogen-bond donors (Lipinski definition) is 2. The molecule has 19 heavy (non-hydrogen) atoms. The molecule has 1 aliphatic heterocycles. The summed E-state index contributed by atoms with van der Waals surface area (Å²) in [6, 6.07) is 4.21. The Hall–Kier alpha value is -1.17. The lowest BCUT2D eigenvalue weighted by Gasteiger charge is -2.22. The van der Waals surface area contributed by atoms with Crippen molar-refractivity contribution < 1.29 is 0 Å². The van der Waals surface area contributed by atoms with Crippen molar-refractivity contribution in [1.82, 2.24) is 15.1 Å². The molecule has 2 aromatic rings. The van der Waals surface area contributed by atoms with Crippen molar-refractivity contribution in [3.63, 3.8) is 0 Å². The smallest absolute Gasteiger partial charge is 0.0794 e. The Morgan fingerprint density at radius 1 is 1.58 bits per heavy atom. The number of rotatable bonds is 4. The molecular weight excluding hydrogens is 256 g/mol. The van der Waals surface area contributed by atoms with Gasteiger partial charge in [0.1, 0.15) is 0 Å². The molecule has 1 atom stereocenters. The summed E-state index contributed by atoms with van der Waals surface area (Å²) < 4.78 is 0. The van der Waals surface area contributed by atoms with E-state index in [0.29, 0.717) is 0 Å². The van der Waals surface area contributed by atoms with E-state index in [1.807, 2.05) is 6.20 Å². The molecule has 0 saturated carbocycles. The minimum absolute atomic E-state index is 0.285.